The van der Waals surface area contributed by atoms with E-state index in [4.69, 9.17) is 5.73 Å². The molecule has 1 aliphatic rings. The van der Waals surface area contributed by atoms with Crippen LogP contribution in [-0.4, -0.2) is 11.8 Å². The number of fused-ring (bicyclic) bond motifs is 1. The van der Waals surface area contributed by atoms with Gasteiger partial charge in [-0.05, 0) is 30.4 Å². The summed E-state index contributed by atoms with van der Waals surface area (Å²) in [4.78, 5) is 11.9. The van der Waals surface area contributed by atoms with E-state index < -0.39 is 0 Å². The average molecular weight is 203 g/mol. The standard InChI is InChI=1S/C13H17NO/c1-8-4-5-10-9(6-8)12(15)11(14)7-13(10,2)3/h4-6,11H,7,14H2,1-3H3. The van der Waals surface area contributed by atoms with E-state index in [2.05, 4.69) is 26.0 Å². The first-order valence-corrected chi connectivity index (χ1v) is 5.33. The Morgan fingerprint density at radius 1 is 1.40 bits per heavy atom. The third-order valence-electron chi connectivity index (χ3n) is 3.24. The maximum absolute atomic E-state index is 11.9. The number of benzene rings is 1. The van der Waals surface area contributed by atoms with E-state index >= 15 is 0 Å². The molecule has 0 aliphatic heterocycles. The first-order valence-electron chi connectivity index (χ1n) is 5.33. The van der Waals surface area contributed by atoms with Crippen LogP contribution in [0.4, 0.5) is 0 Å². The highest BCUT2D eigenvalue weighted by atomic mass is 16.1. The lowest BCUT2D eigenvalue weighted by atomic mass is 9.70. The fourth-order valence-corrected chi connectivity index (χ4v) is 2.40. The molecule has 0 saturated carbocycles. The van der Waals surface area contributed by atoms with Crippen LogP contribution in [0.2, 0.25) is 0 Å². The maximum atomic E-state index is 11.9. The van der Waals surface area contributed by atoms with E-state index in [1.54, 1.807) is 0 Å². The van der Waals surface area contributed by atoms with Crippen molar-refractivity contribution < 1.29 is 4.79 Å². The van der Waals surface area contributed by atoms with Crippen molar-refractivity contribution in [2.24, 2.45) is 5.73 Å². The maximum Gasteiger partial charge on any atom is 0.179 e. The Kier molecular flexibility index (Phi) is 2.19. The predicted octanol–water partition coefficient (Wildman–Crippen LogP) is 2.19. The van der Waals surface area contributed by atoms with Gasteiger partial charge in [-0.15, -0.1) is 0 Å². The molecule has 2 nitrogen and oxygen atoms in total. The van der Waals surface area contributed by atoms with Crippen LogP contribution in [0.1, 0.15) is 41.8 Å². The number of rotatable bonds is 0. The van der Waals surface area contributed by atoms with E-state index in [0.717, 1.165) is 23.1 Å². The van der Waals surface area contributed by atoms with Gasteiger partial charge in [-0.2, -0.15) is 0 Å². The quantitative estimate of drug-likeness (QED) is 0.702. The Hall–Kier alpha value is -1.15. The summed E-state index contributed by atoms with van der Waals surface area (Å²) in [5, 5.41) is 0. The zero-order valence-electron chi connectivity index (χ0n) is 9.50. The number of aryl methyl sites for hydroxylation is 1. The second kappa shape index (κ2) is 3.17. The van der Waals surface area contributed by atoms with Crippen molar-refractivity contribution in [3.63, 3.8) is 0 Å². The van der Waals surface area contributed by atoms with Crippen LogP contribution in [0.3, 0.4) is 0 Å². The summed E-state index contributed by atoms with van der Waals surface area (Å²) in [7, 11) is 0. The highest BCUT2D eigenvalue weighted by Crippen LogP contribution is 2.36. The van der Waals surface area contributed by atoms with Crippen LogP contribution in [0.15, 0.2) is 18.2 Å². The van der Waals surface area contributed by atoms with Gasteiger partial charge in [0.05, 0.1) is 6.04 Å². The molecule has 2 N–H and O–H groups in total. The van der Waals surface area contributed by atoms with Crippen LogP contribution in [0.25, 0.3) is 0 Å². The van der Waals surface area contributed by atoms with Crippen LogP contribution in [0.5, 0.6) is 0 Å². The number of ketones is 1. The Morgan fingerprint density at radius 2 is 2.07 bits per heavy atom. The molecular weight excluding hydrogens is 186 g/mol. The van der Waals surface area contributed by atoms with Gasteiger partial charge >= 0.3 is 0 Å². The van der Waals surface area contributed by atoms with Crippen LogP contribution in [0, 0.1) is 6.92 Å². The summed E-state index contributed by atoms with van der Waals surface area (Å²) in [6.07, 6.45) is 0.738. The second-order valence-electron chi connectivity index (χ2n) is 5.11. The largest absolute Gasteiger partial charge is 0.321 e. The second-order valence-corrected chi connectivity index (χ2v) is 5.11. The minimum absolute atomic E-state index is 0.0103. The van der Waals surface area contributed by atoms with Crippen LogP contribution in [-0.2, 0) is 5.41 Å². The molecule has 1 aliphatic carbocycles. The normalized spacial score (nSPS) is 23.7. The van der Waals surface area contributed by atoms with Crippen molar-refractivity contribution in [2.45, 2.75) is 38.6 Å². The van der Waals surface area contributed by atoms with Crippen LogP contribution < -0.4 is 5.73 Å². The molecule has 1 aromatic rings. The number of nitrogens with two attached hydrogens (primary N) is 1. The summed E-state index contributed by atoms with van der Waals surface area (Å²) >= 11 is 0. The molecule has 0 heterocycles. The lowest BCUT2D eigenvalue weighted by Gasteiger charge is -2.35. The molecule has 1 atom stereocenters. The summed E-state index contributed by atoms with van der Waals surface area (Å²) in [5.41, 5.74) is 8.95. The third kappa shape index (κ3) is 1.59. The van der Waals surface area contributed by atoms with E-state index in [0.29, 0.717) is 0 Å². The minimum Gasteiger partial charge on any atom is -0.321 e. The molecular formula is C13H17NO. The van der Waals surface area contributed by atoms with Crippen molar-refractivity contribution in [3.05, 3.63) is 34.9 Å². The Balaban J connectivity index is 2.64. The fraction of sp³-hybridized carbons (Fsp3) is 0.462. The molecule has 1 unspecified atom stereocenters. The van der Waals surface area contributed by atoms with E-state index in [1.807, 2.05) is 13.0 Å². The zero-order chi connectivity index (χ0) is 11.2. The van der Waals surface area contributed by atoms with Crippen molar-refractivity contribution in [3.8, 4) is 0 Å². The van der Waals surface area contributed by atoms with Gasteiger partial charge in [-0.3, -0.25) is 4.79 Å². The van der Waals surface area contributed by atoms with Gasteiger partial charge in [-0.1, -0.05) is 31.5 Å². The van der Waals surface area contributed by atoms with Gasteiger partial charge in [0.25, 0.3) is 0 Å². The molecule has 80 valence electrons. The van der Waals surface area contributed by atoms with Gasteiger partial charge in [0, 0.05) is 5.56 Å². The fourth-order valence-electron chi connectivity index (χ4n) is 2.40. The summed E-state index contributed by atoms with van der Waals surface area (Å²) in [6.45, 7) is 6.29. The van der Waals surface area contributed by atoms with Crippen molar-refractivity contribution >= 4 is 5.78 Å². The monoisotopic (exact) mass is 203 g/mol. The summed E-state index contributed by atoms with van der Waals surface area (Å²) < 4.78 is 0. The summed E-state index contributed by atoms with van der Waals surface area (Å²) in [6, 6.07) is 5.74. The highest BCUT2D eigenvalue weighted by Gasteiger charge is 2.36. The molecule has 1 aromatic carbocycles. The van der Waals surface area contributed by atoms with Crippen molar-refractivity contribution in [1.29, 1.82) is 0 Å². The number of Topliss-reactive ketones (excluding diaryl/α,β-unsaturated/α-hetero) is 1. The average Bonchev–Trinajstić information content (AvgIpc) is 2.13. The highest BCUT2D eigenvalue weighted by molar-refractivity contribution is 6.03. The third-order valence-corrected chi connectivity index (χ3v) is 3.24. The Morgan fingerprint density at radius 3 is 2.73 bits per heavy atom. The van der Waals surface area contributed by atoms with Crippen molar-refractivity contribution in [1.82, 2.24) is 0 Å². The molecule has 2 heteroatoms. The Bertz CT molecular complexity index is 421. The van der Waals surface area contributed by atoms with E-state index in [-0.39, 0.29) is 17.2 Å². The van der Waals surface area contributed by atoms with Gasteiger partial charge in [0.15, 0.2) is 5.78 Å². The van der Waals surface area contributed by atoms with E-state index in [9.17, 15) is 4.79 Å². The summed E-state index contributed by atoms with van der Waals surface area (Å²) in [5.74, 6) is 0.0908. The lowest BCUT2D eigenvalue weighted by Crippen LogP contribution is -2.42. The number of hydrogen-bond donors (Lipinski definition) is 1. The minimum atomic E-state index is -0.339. The van der Waals surface area contributed by atoms with Gasteiger partial charge in [0.1, 0.15) is 0 Å². The number of carbonyl (C=O) groups excluding carboxylic acids is 1. The van der Waals surface area contributed by atoms with Gasteiger partial charge in [-0.25, -0.2) is 0 Å². The van der Waals surface area contributed by atoms with Gasteiger partial charge in [0.2, 0.25) is 0 Å². The van der Waals surface area contributed by atoms with E-state index in [1.165, 1.54) is 0 Å². The first-order chi connectivity index (χ1) is 6.92. The molecule has 2 rings (SSSR count). The SMILES string of the molecule is Cc1ccc2c(c1)C(=O)C(N)CC2(C)C. The van der Waals surface area contributed by atoms with Gasteiger partial charge < -0.3 is 5.73 Å². The first kappa shape index (κ1) is 10.4. The molecule has 0 saturated heterocycles. The predicted molar refractivity (Wildman–Crippen MR) is 61.1 cm³/mol. The molecule has 0 aromatic heterocycles. The van der Waals surface area contributed by atoms with Crippen LogP contribution >= 0.6 is 0 Å². The lowest BCUT2D eigenvalue weighted by molar-refractivity contribution is 0.0929. The topological polar surface area (TPSA) is 43.1 Å². The zero-order valence-corrected chi connectivity index (χ0v) is 9.50. The number of carbonyl (C=O) groups is 1. The van der Waals surface area contributed by atoms with Crippen molar-refractivity contribution in [2.75, 3.05) is 0 Å². The molecule has 15 heavy (non-hydrogen) atoms. The number of hydrogen-bond acceptors (Lipinski definition) is 2. The molecule has 0 radical (unpaired) electrons. The molecule has 0 spiro atoms. The smallest absolute Gasteiger partial charge is 0.179 e. The molecule has 0 amide bonds. The molecule has 0 bridgehead atoms. The molecule has 0 fully saturated rings. The Labute approximate surface area is 90.5 Å².